The van der Waals surface area contributed by atoms with Gasteiger partial charge in [-0.1, -0.05) is 0 Å². The Bertz CT molecular complexity index is 725. The summed E-state index contributed by atoms with van der Waals surface area (Å²) in [5.74, 6) is 1.67. The van der Waals surface area contributed by atoms with Crippen molar-refractivity contribution in [2.45, 2.75) is 57.0 Å². The Labute approximate surface area is 178 Å². The maximum absolute atomic E-state index is 12.7. The third-order valence-electron chi connectivity index (χ3n) is 6.57. The summed E-state index contributed by atoms with van der Waals surface area (Å²) < 4.78 is 10.8. The van der Waals surface area contributed by atoms with Gasteiger partial charge in [-0.2, -0.15) is 4.98 Å². The van der Waals surface area contributed by atoms with E-state index < -0.39 is 0 Å². The van der Waals surface area contributed by atoms with Crippen LogP contribution in [0, 0.1) is 5.92 Å². The predicted octanol–water partition coefficient (Wildman–Crippen LogP) is 1.87. The molecule has 0 unspecified atom stereocenters. The van der Waals surface area contributed by atoms with E-state index in [4.69, 9.17) is 15.2 Å². The zero-order chi connectivity index (χ0) is 21.0. The smallest absolute Gasteiger partial charge is 0.225 e. The molecule has 1 aliphatic carbocycles. The van der Waals surface area contributed by atoms with Gasteiger partial charge >= 0.3 is 0 Å². The summed E-state index contributed by atoms with van der Waals surface area (Å²) in [6, 6.07) is 0.266. The molecule has 2 aliphatic heterocycles. The van der Waals surface area contributed by atoms with E-state index in [0.717, 1.165) is 64.8 Å². The predicted molar refractivity (Wildman–Crippen MR) is 115 cm³/mol. The Hall–Kier alpha value is -2.13. The van der Waals surface area contributed by atoms with Crippen molar-refractivity contribution in [1.29, 1.82) is 0 Å². The quantitative estimate of drug-likeness (QED) is 0.664. The summed E-state index contributed by atoms with van der Waals surface area (Å²) >= 11 is 0. The first kappa shape index (κ1) is 21.1. The molecule has 1 saturated carbocycles. The van der Waals surface area contributed by atoms with Gasteiger partial charge in [0.15, 0.2) is 5.82 Å². The van der Waals surface area contributed by atoms with Gasteiger partial charge in [0, 0.05) is 43.8 Å². The molecule has 3 heterocycles. The first-order chi connectivity index (χ1) is 14.5. The van der Waals surface area contributed by atoms with Crippen LogP contribution in [-0.4, -0.2) is 71.9 Å². The minimum Gasteiger partial charge on any atom is -0.394 e. The van der Waals surface area contributed by atoms with E-state index >= 15 is 0 Å². The van der Waals surface area contributed by atoms with Crippen molar-refractivity contribution in [3.63, 3.8) is 0 Å². The normalized spacial score (nSPS) is 26.8. The van der Waals surface area contributed by atoms with E-state index in [0.29, 0.717) is 30.7 Å². The third-order valence-corrected chi connectivity index (χ3v) is 6.57. The molecule has 4 N–H and O–H groups in total. The molecule has 3 aliphatic rings. The fourth-order valence-corrected chi connectivity index (χ4v) is 4.50. The van der Waals surface area contributed by atoms with Crippen LogP contribution in [0.1, 0.15) is 45.4 Å². The Morgan fingerprint density at radius 3 is 2.50 bits per heavy atom. The highest BCUT2D eigenvalue weighted by Gasteiger charge is 2.31. The zero-order valence-corrected chi connectivity index (χ0v) is 17.9. The van der Waals surface area contributed by atoms with Crippen molar-refractivity contribution in [2.24, 2.45) is 5.92 Å². The Balaban J connectivity index is 1.31. The number of carbonyl (C=O) groups excluding carboxylic acids is 1. The van der Waals surface area contributed by atoms with Gasteiger partial charge in [-0.05, 0) is 45.4 Å². The summed E-state index contributed by atoms with van der Waals surface area (Å²) in [7, 11) is 0. The zero-order valence-electron chi connectivity index (χ0n) is 17.9. The maximum atomic E-state index is 12.7. The lowest BCUT2D eigenvalue weighted by Gasteiger charge is -2.35. The van der Waals surface area contributed by atoms with Gasteiger partial charge in [-0.3, -0.25) is 4.79 Å². The summed E-state index contributed by atoms with van der Waals surface area (Å²) in [6.45, 7) is 6.40. The van der Waals surface area contributed by atoms with Crippen LogP contribution in [0.4, 0.5) is 17.5 Å². The van der Waals surface area contributed by atoms with Crippen LogP contribution in [0.15, 0.2) is 6.20 Å². The molecule has 1 amide bonds. The van der Waals surface area contributed by atoms with Gasteiger partial charge in [-0.25, -0.2) is 4.98 Å². The number of nitrogens with two attached hydrogens (primary N) is 1. The molecule has 2 saturated heterocycles. The van der Waals surface area contributed by atoms with E-state index in [2.05, 4.69) is 27.5 Å². The third kappa shape index (κ3) is 5.13. The number of amides is 1. The number of rotatable bonds is 5. The topological polar surface area (TPSA) is 115 Å². The summed E-state index contributed by atoms with van der Waals surface area (Å²) in [4.78, 5) is 23.7. The lowest BCUT2D eigenvalue weighted by Crippen LogP contribution is -2.45. The summed E-state index contributed by atoms with van der Waals surface area (Å²) in [6.07, 6.45) is 7.15. The van der Waals surface area contributed by atoms with E-state index in [1.165, 1.54) is 0 Å². The van der Waals surface area contributed by atoms with Crippen LogP contribution in [0.3, 0.4) is 0 Å². The number of carbonyl (C=O) groups is 1. The Morgan fingerprint density at radius 2 is 1.80 bits per heavy atom. The molecule has 1 aromatic heterocycles. The number of aromatic nitrogens is 2. The maximum Gasteiger partial charge on any atom is 0.225 e. The van der Waals surface area contributed by atoms with Gasteiger partial charge in [0.05, 0.1) is 25.1 Å². The molecule has 166 valence electrons. The van der Waals surface area contributed by atoms with Gasteiger partial charge in [0.25, 0.3) is 0 Å². The number of nitrogen functional groups attached to an aromatic ring is 1. The van der Waals surface area contributed by atoms with Crippen molar-refractivity contribution in [3.8, 4) is 0 Å². The second-order valence-corrected chi connectivity index (χ2v) is 8.93. The first-order valence-corrected chi connectivity index (χ1v) is 11.1. The molecule has 0 atom stereocenters. The van der Waals surface area contributed by atoms with Crippen LogP contribution < -0.4 is 16.4 Å². The number of morpholine rings is 1. The summed E-state index contributed by atoms with van der Waals surface area (Å²) in [5, 5.41) is 6.95. The standard InChI is InChI=1S/C21H34N6O3/c1-21(6-10-29-11-7-21)26-20-23-14-17(22)18(25-20)24-16-4-2-15(3-5-16)19(28)27-8-12-30-13-9-27/h14-16H,2-13,22H2,1H3,(H2,23,24,25,26)/t15-,16-. The SMILES string of the molecule is CC1(Nc2ncc(N)c(N[C@H]3CC[C@H](C(=O)N4CCOCC4)CC3)n2)CCOCC1. The number of hydrogen-bond donors (Lipinski definition) is 3. The average molecular weight is 419 g/mol. The minimum atomic E-state index is -0.0659. The number of nitrogens with one attached hydrogen (secondary N) is 2. The molecule has 0 radical (unpaired) electrons. The molecule has 1 aromatic rings. The average Bonchev–Trinajstić information content (AvgIpc) is 2.77. The van der Waals surface area contributed by atoms with Gasteiger partial charge in [-0.15, -0.1) is 0 Å². The number of nitrogens with zero attached hydrogens (tertiary/aromatic N) is 3. The van der Waals surface area contributed by atoms with Gasteiger partial charge in [0.2, 0.25) is 11.9 Å². The molecule has 9 heteroatoms. The highest BCUT2D eigenvalue weighted by Crippen LogP contribution is 2.30. The van der Waals surface area contributed by atoms with E-state index in [1.54, 1.807) is 6.20 Å². The minimum absolute atomic E-state index is 0.0659. The first-order valence-electron chi connectivity index (χ1n) is 11.1. The van der Waals surface area contributed by atoms with Crippen molar-refractivity contribution >= 4 is 23.4 Å². The highest BCUT2D eigenvalue weighted by atomic mass is 16.5. The number of hydrogen-bond acceptors (Lipinski definition) is 8. The lowest BCUT2D eigenvalue weighted by molar-refractivity contribution is -0.140. The van der Waals surface area contributed by atoms with E-state index in [9.17, 15) is 4.79 Å². The molecule has 30 heavy (non-hydrogen) atoms. The molecule has 4 rings (SSSR count). The van der Waals surface area contributed by atoms with Gasteiger partial charge in [0.1, 0.15) is 0 Å². The summed E-state index contributed by atoms with van der Waals surface area (Å²) in [5.41, 5.74) is 6.62. The van der Waals surface area contributed by atoms with Crippen molar-refractivity contribution in [3.05, 3.63) is 6.20 Å². The molecular weight excluding hydrogens is 384 g/mol. The monoisotopic (exact) mass is 418 g/mol. The second kappa shape index (κ2) is 9.34. The molecule has 0 bridgehead atoms. The van der Waals surface area contributed by atoms with Crippen LogP contribution in [0.2, 0.25) is 0 Å². The highest BCUT2D eigenvalue weighted by molar-refractivity contribution is 5.79. The largest absolute Gasteiger partial charge is 0.394 e. The van der Waals surface area contributed by atoms with Crippen LogP contribution >= 0.6 is 0 Å². The van der Waals surface area contributed by atoms with E-state index in [-0.39, 0.29) is 23.4 Å². The van der Waals surface area contributed by atoms with Crippen LogP contribution in [0.5, 0.6) is 0 Å². The Morgan fingerprint density at radius 1 is 1.13 bits per heavy atom. The van der Waals surface area contributed by atoms with Crippen molar-refractivity contribution in [1.82, 2.24) is 14.9 Å². The lowest BCUT2D eigenvalue weighted by atomic mass is 9.85. The molecule has 0 aromatic carbocycles. The van der Waals surface area contributed by atoms with Crippen LogP contribution in [-0.2, 0) is 14.3 Å². The van der Waals surface area contributed by atoms with Crippen molar-refractivity contribution in [2.75, 3.05) is 55.9 Å². The second-order valence-electron chi connectivity index (χ2n) is 8.93. The number of anilines is 3. The molecule has 3 fully saturated rings. The van der Waals surface area contributed by atoms with E-state index in [1.807, 2.05) is 4.90 Å². The van der Waals surface area contributed by atoms with Gasteiger partial charge < -0.3 is 30.7 Å². The Kier molecular flexibility index (Phi) is 6.58. The molecule has 9 nitrogen and oxygen atoms in total. The number of ether oxygens (including phenoxy) is 2. The molecular formula is C21H34N6O3. The fraction of sp³-hybridized carbons (Fsp3) is 0.762. The van der Waals surface area contributed by atoms with Crippen LogP contribution in [0.25, 0.3) is 0 Å². The van der Waals surface area contributed by atoms with Crippen molar-refractivity contribution < 1.29 is 14.3 Å². The molecule has 0 spiro atoms. The fourth-order valence-electron chi connectivity index (χ4n) is 4.50.